The minimum Gasteiger partial charge on any atom is -0.393 e. The molecule has 0 aliphatic heterocycles. The summed E-state index contributed by atoms with van der Waals surface area (Å²) >= 11 is 11.2. The molecular formula is C14H18ClNO3S2. The van der Waals surface area contributed by atoms with Crippen LogP contribution in [0.3, 0.4) is 0 Å². The van der Waals surface area contributed by atoms with E-state index in [1.807, 2.05) is 13.0 Å². The Balaban J connectivity index is 2.49. The molecule has 2 N–H and O–H groups in total. The first-order valence-corrected chi connectivity index (χ1v) is 9.31. The standard InChI is InChI=1S/C14H18ClNO3S2/c1-3-19-8-14(13(16)20)11(12(14)21(2,17)18)9-5-4-6-10(15)7-9/h4-7,11-12H,3,8H2,1-2H3,(H2,16,20)/t11-,12+,14-/m1/s1. The van der Waals surface area contributed by atoms with Gasteiger partial charge in [-0.15, -0.1) is 0 Å². The fourth-order valence-electron chi connectivity index (χ4n) is 3.01. The summed E-state index contributed by atoms with van der Waals surface area (Å²) in [5.74, 6) is -0.310. The molecule has 3 atom stereocenters. The molecule has 1 aromatic rings. The van der Waals surface area contributed by atoms with Gasteiger partial charge in [0.05, 0.1) is 22.3 Å². The van der Waals surface area contributed by atoms with E-state index in [0.717, 1.165) is 5.56 Å². The number of rotatable bonds is 6. The third kappa shape index (κ3) is 2.95. The van der Waals surface area contributed by atoms with Gasteiger partial charge in [0.25, 0.3) is 0 Å². The summed E-state index contributed by atoms with van der Waals surface area (Å²) in [6.07, 6.45) is 1.21. The Morgan fingerprint density at radius 2 is 2.19 bits per heavy atom. The molecule has 0 heterocycles. The van der Waals surface area contributed by atoms with Gasteiger partial charge in [-0.25, -0.2) is 8.42 Å². The molecule has 1 saturated carbocycles. The van der Waals surface area contributed by atoms with Crippen LogP contribution in [-0.4, -0.2) is 38.1 Å². The van der Waals surface area contributed by atoms with E-state index in [0.29, 0.717) is 11.6 Å². The quantitative estimate of drug-likeness (QED) is 0.798. The summed E-state index contributed by atoms with van der Waals surface area (Å²) in [6, 6.07) is 7.14. The lowest BCUT2D eigenvalue weighted by molar-refractivity contribution is 0.121. The van der Waals surface area contributed by atoms with Crippen molar-refractivity contribution in [3.8, 4) is 0 Å². The highest BCUT2D eigenvalue weighted by Crippen LogP contribution is 2.63. The summed E-state index contributed by atoms with van der Waals surface area (Å²) in [6.45, 7) is 2.52. The van der Waals surface area contributed by atoms with Crippen molar-refractivity contribution >= 4 is 38.6 Å². The second-order valence-corrected chi connectivity index (χ2v) is 8.37. The normalized spacial score (nSPS) is 28.3. The maximum atomic E-state index is 12.1. The Labute approximate surface area is 135 Å². The lowest BCUT2D eigenvalue weighted by Crippen LogP contribution is -2.33. The fourth-order valence-corrected chi connectivity index (χ4v) is 5.52. The molecule has 0 radical (unpaired) electrons. The second kappa shape index (κ2) is 5.83. The molecule has 0 aromatic heterocycles. The Kier molecular flexibility index (Phi) is 4.63. The van der Waals surface area contributed by atoms with Gasteiger partial charge in [0, 0.05) is 23.8 Å². The van der Waals surface area contributed by atoms with Crippen LogP contribution in [0.25, 0.3) is 0 Å². The topological polar surface area (TPSA) is 69.4 Å². The first-order chi connectivity index (χ1) is 9.75. The van der Waals surface area contributed by atoms with Crippen LogP contribution in [0.4, 0.5) is 0 Å². The monoisotopic (exact) mass is 347 g/mol. The van der Waals surface area contributed by atoms with Crippen LogP contribution >= 0.6 is 23.8 Å². The van der Waals surface area contributed by atoms with Gasteiger partial charge in [0.15, 0.2) is 9.84 Å². The van der Waals surface area contributed by atoms with Crippen molar-refractivity contribution in [2.45, 2.75) is 18.1 Å². The predicted molar refractivity (Wildman–Crippen MR) is 88.5 cm³/mol. The molecule has 0 saturated heterocycles. The number of halogens is 1. The molecule has 0 amide bonds. The minimum atomic E-state index is -3.31. The van der Waals surface area contributed by atoms with Gasteiger partial charge in [0.1, 0.15) is 0 Å². The van der Waals surface area contributed by atoms with E-state index in [2.05, 4.69) is 0 Å². The van der Waals surface area contributed by atoms with Crippen molar-refractivity contribution in [1.29, 1.82) is 0 Å². The number of hydrogen-bond donors (Lipinski definition) is 1. The van der Waals surface area contributed by atoms with Crippen molar-refractivity contribution < 1.29 is 13.2 Å². The highest BCUT2D eigenvalue weighted by molar-refractivity contribution is 7.92. The number of benzene rings is 1. The summed E-state index contributed by atoms with van der Waals surface area (Å²) in [5.41, 5.74) is 5.86. The number of nitrogens with two attached hydrogens (primary N) is 1. The number of thiocarbonyl (C=S) groups is 1. The SMILES string of the molecule is CCOC[C@@]1(C(N)=S)[C@H](c2cccc(Cl)c2)[C@@H]1S(C)(=O)=O. The van der Waals surface area contributed by atoms with Crippen LogP contribution < -0.4 is 5.73 Å². The summed E-state index contributed by atoms with van der Waals surface area (Å²) in [7, 11) is -3.31. The van der Waals surface area contributed by atoms with Gasteiger partial charge < -0.3 is 10.5 Å². The average Bonchev–Trinajstić information content (AvgIpc) is 3.07. The Morgan fingerprint density at radius 1 is 1.52 bits per heavy atom. The number of sulfone groups is 1. The summed E-state index contributed by atoms with van der Waals surface area (Å²) in [5, 5.41) is -0.104. The number of hydrogen-bond acceptors (Lipinski definition) is 4. The van der Waals surface area contributed by atoms with Crippen molar-refractivity contribution in [2.75, 3.05) is 19.5 Å². The molecule has 0 bridgehead atoms. The van der Waals surface area contributed by atoms with E-state index < -0.39 is 20.5 Å². The molecule has 116 valence electrons. The van der Waals surface area contributed by atoms with Crippen LogP contribution in [0, 0.1) is 5.41 Å². The van der Waals surface area contributed by atoms with E-state index in [-0.39, 0.29) is 17.5 Å². The first-order valence-electron chi connectivity index (χ1n) is 6.57. The molecule has 0 unspecified atom stereocenters. The minimum absolute atomic E-state index is 0.177. The van der Waals surface area contributed by atoms with E-state index in [9.17, 15) is 8.42 Å². The second-order valence-electron chi connectivity index (χ2n) is 5.32. The van der Waals surface area contributed by atoms with Gasteiger partial charge in [0.2, 0.25) is 0 Å². The van der Waals surface area contributed by atoms with Gasteiger partial charge in [-0.2, -0.15) is 0 Å². The predicted octanol–water partition coefficient (Wildman–Crippen LogP) is 2.16. The molecule has 2 rings (SSSR count). The summed E-state index contributed by atoms with van der Waals surface area (Å²) < 4.78 is 29.7. The van der Waals surface area contributed by atoms with Crippen LogP contribution in [-0.2, 0) is 14.6 Å². The molecule has 4 nitrogen and oxygen atoms in total. The molecule has 1 aromatic carbocycles. The zero-order chi connectivity index (χ0) is 15.8. The third-order valence-corrected chi connectivity index (χ3v) is 6.16. The van der Waals surface area contributed by atoms with Crippen LogP contribution in [0.5, 0.6) is 0 Å². The number of ether oxygens (including phenoxy) is 1. The van der Waals surface area contributed by atoms with Crippen molar-refractivity contribution in [3.63, 3.8) is 0 Å². The highest BCUT2D eigenvalue weighted by Gasteiger charge is 2.71. The van der Waals surface area contributed by atoms with Crippen LogP contribution in [0.15, 0.2) is 24.3 Å². The van der Waals surface area contributed by atoms with Gasteiger partial charge in [-0.1, -0.05) is 36.0 Å². The van der Waals surface area contributed by atoms with Crippen molar-refractivity contribution in [1.82, 2.24) is 0 Å². The maximum Gasteiger partial charge on any atom is 0.152 e. The third-order valence-electron chi connectivity index (χ3n) is 3.93. The first kappa shape index (κ1) is 16.7. The molecule has 1 aliphatic carbocycles. The molecule has 1 aliphatic rings. The Morgan fingerprint density at radius 3 is 2.67 bits per heavy atom. The lowest BCUT2D eigenvalue weighted by atomic mass is 10.00. The molecule has 0 spiro atoms. The van der Waals surface area contributed by atoms with E-state index in [1.165, 1.54) is 6.26 Å². The van der Waals surface area contributed by atoms with Crippen LogP contribution in [0.1, 0.15) is 18.4 Å². The van der Waals surface area contributed by atoms with Crippen LogP contribution in [0.2, 0.25) is 5.02 Å². The zero-order valence-electron chi connectivity index (χ0n) is 11.9. The fraction of sp³-hybridized carbons (Fsp3) is 0.500. The molecular weight excluding hydrogens is 330 g/mol. The van der Waals surface area contributed by atoms with Gasteiger partial charge in [-0.3, -0.25) is 0 Å². The molecule has 21 heavy (non-hydrogen) atoms. The van der Waals surface area contributed by atoms with E-state index >= 15 is 0 Å². The van der Waals surface area contributed by atoms with E-state index in [1.54, 1.807) is 18.2 Å². The van der Waals surface area contributed by atoms with Gasteiger partial charge in [-0.05, 0) is 24.6 Å². The lowest BCUT2D eigenvalue weighted by Gasteiger charge is -2.16. The highest BCUT2D eigenvalue weighted by atomic mass is 35.5. The maximum absolute atomic E-state index is 12.1. The smallest absolute Gasteiger partial charge is 0.152 e. The zero-order valence-corrected chi connectivity index (χ0v) is 14.3. The van der Waals surface area contributed by atoms with Crippen molar-refractivity contribution in [2.24, 2.45) is 11.1 Å². The van der Waals surface area contributed by atoms with E-state index in [4.69, 9.17) is 34.3 Å². The largest absolute Gasteiger partial charge is 0.393 e. The van der Waals surface area contributed by atoms with Crippen molar-refractivity contribution in [3.05, 3.63) is 34.9 Å². The Hall–Kier alpha value is -0.690. The molecule has 7 heteroatoms. The summed E-state index contributed by atoms with van der Waals surface area (Å²) in [4.78, 5) is 0.177. The average molecular weight is 348 g/mol. The Bertz CT molecular complexity index is 662. The molecule has 1 fully saturated rings. The van der Waals surface area contributed by atoms with Gasteiger partial charge >= 0.3 is 0 Å².